The maximum atomic E-state index is 13.7. The van der Waals surface area contributed by atoms with Crippen LogP contribution in [0.3, 0.4) is 0 Å². The van der Waals surface area contributed by atoms with E-state index >= 15 is 0 Å². The molecular formula is C19H21FN2O3. The van der Waals surface area contributed by atoms with Crippen LogP contribution in [0.2, 0.25) is 0 Å². The summed E-state index contributed by atoms with van der Waals surface area (Å²) in [6.07, 6.45) is 0. The third kappa shape index (κ3) is 5.60. The first-order valence-corrected chi connectivity index (χ1v) is 8.02. The Morgan fingerprint density at radius 3 is 2.68 bits per heavy atom. The van der Waals surface area contributed by atoms with Crippen LogP contribution in [0, 0.1) is 12.7 Å². The Morgan fingerprint density at radius 1 is 1.12 bits per heavy atom. The molecular weight excluding hydrogens is 323 g/mol. The summed E-state index contributed by atoms with van der Waals surface area (Å²) in [5.41, 5.74) is 1.62. The Balaban J connectivity index is 1.94. The van der Waals surface area contributed by atoms with Crippen LogP contribution >= 0.6 is 0 Å². The second-order valence-corrected chi connectivity index (χ2v) is 5.56. The van der Waals surface area contributed by atoms with Gasteiger partial charge in [-0.3, -0.25) is 9.59 Å². The van der Waals surface area contributed by atoms with Crippen LogP contribution in [0.25, 0.3) is 0 Å². The van der Waals surface area contributed by atoms with Gasteiger partial charge in [-0.1, -0.05) is 23.8 Å². The molecule has 0 spiro atoms. The molecule has 0 atom stereocenters. The van der Waals surface area contributed by atoms with Crippen molar-refractivity contribution < 1.29 is 18.7 Å². The fourth-order valence-electron chi connectivity index (χ4n) is 2.23. The molecule has 25 heavy (non-hydrogen) atoms. The molecule has 5 nitrogen and oxygen atoms in total. The summed E-state index contributed by atoms with van der Waals surface area (Å²) in [6, 6.07) is 11.4. The Bertz CT molecular complexity index is 762. The van der Waals surface area contributed by atoms with E-state index in [1.54, 1.807) is 31.2 Å². The van der Waals surface area contributed by atoms with E-state index in [0.717, 1.165) is 11.1 Å². The minimum absolute atomic E-state index is 0.0173. The van der Waals surface area contributed by atoms with Gasteiger partial charge in [-0.05, 0) is 43.7 Å². The van der Waals surface area contributed by atoms with Crippen LogP contribution in [-0.4, -0.2) is 25.0 Å². The Hall–Kier alpha value is -2.89. The highest BCUT2D eigenvalue weighted by Crippen LogP contribution is 2.14. The molecule has 0 bridgehead atoms. The second kappa shape index (κ2) is 8.82. The van der Waals surface area contributed by atoms with Gasteiger partial charge in [0.2, 0.25) is 0 Å². The minimum atomic E-state index is -0.554. The van der Waals surface area contributed by atoms with Gasteiger partial charge in [0.1, 0.15) is 11.6 Å². The molecule has 6 heteroatoms. The SMILES string of the molecule is CCNC(=O)COc1cccc(CNC(=O)c2cc(C)ccc2F)c1. The van der Waals surface area contributed by atoms with Gasteiger partial charge in [-0.15, -0.1) is 0 Å². The van der Waals surface area contributed by atoms with Gasteiger partial charge in [0.25, 0.3) is 11.8 Å². The highest BCUT2D eigenvalue weighted by molar-refractivity contribution is 5.94. The molecule has 2 aromatic carbocycles. The third-order valence-corrected chi connectivity index (χ3v) is 3.46. The summed E-state index contributed by atoms with van der Waals surface area (Å²) in [5.74, 6) is -0.701. The minimum Gasteiger partial charge on any atom is -0.484 e. The van der Waals surface area contributed by atoms with Crippen LogP contribution in [-0.2, 0) is 11.3 Å². The average molecular weight is 344 g/mol. The highest BCUT2D eigenvalue weighted by Gasteiger charge is 2.11. The molecule has 132 valence electrons. The predicted octanol–water partition coefficient (Wildman–Crippen LogP) is 2.58. The van der Waals surface area contributed by atoms with Crippen molar-refractivity contribution in [1.29, 1.82) is 0 Å². The lowest BCUT2D eigenvalue weighted by molar-refractivity contribution is -0.122. The van der Waals surface area contributed by atoms with Gasteiger partial charge >= 0.3 is 0 Å². The fraction of sp³-hybridized carbons (Fsp3) is 0.263. The maximum absolute atomic E-state index is 13.7. The molecule has 0 unspecified atom stereocenters. The smallest absolute Gasteiger partial charge is 0.257 e. The monoisotopic (exact) mass is 344 g/mol. The normalized spacial score (nSPS) is 10.2. The number of halogens is 1. The quantitative estimate of drug-likeness (QED) is 0.811. The molecule has 0 aromatic heterocycles. The van der Waals surface area contributed by atoms with Crippen molar-refractivity contribution in [1.82, 2.24) is 10.6 Å². The van der Waals surface area contributed by atoms with E-state index in [1.165, 1.54) is 12.1 Å². The summed E-state index contributed by atoms with van der Waals surface area (Å²) < 4.78 is 19.1. The molecule has 0 saturated heterocycles. The van der Waals surface area contributed by atoms with Gasteiger partial charge in [-0.25, -0.2) is 4.39 Å². The van der Waals surface area contributed by atoms with Gasteiger partial charge in [0.05, 0.1) is 5.56 Å². The van der Waals surface area contributed by atoms with E-state index < -0.39 is 11.7 Å². The van der Waals surface area contributed by atoms with E-state index in [-0.39, 0.29) is 24.6 Å². The lowest BCUT2D eigenvalue weighted by Crippen LogP contribution is -2.28. The zero-order valence-electron chi connectivity index (χ0n) is 14.3. The number of carbonyl (C=O) groups is 2. The molecule has 0 aliphatic heterocycles. The highest BCUT2D eigenvalue weighted by atomic mass is 19.1. The van der Waals surface area contributed by atoms with Crippen LogP contribution in [0.5, 0.6) is 5.75 Å². The number of benzene rings is 2. The Morgan fingerprint density at radius 2 is 1.92 bits per heavy atom. The number of aryl methyl sites for hydroxylation is 1. The number of likely N-dealkylation sites (N-methyl/N-ethyl adjacent to an activating group) is 1. The molecule has 2 aromatic rings. The topological polar surface area (TPSA) is 67.4 Å². The van der Waals surface area contributed by atoms with Gasteiger partial charge in [0.15, 0.2) is 6.61 Å². The third-order valence-electron chi connectivity index (χ3n) is 3.46. The summed E-state index contributed by atoms with van der Waals surface area (Å²) in [4.78, 5) is 23.5. The molecule has 0 heterocycles. The van der Waals surface area contributed by atoms with Gasteiger partial charge in [0, 0.05) is 13.1 Å². The van der Waals surface area contributed by atoms with Crippen LogP contribution in [0.4, 0.5) is 4.39 Å². The molecule has 2 amide bonds. The van der Waals surface area contributed by atoms with Crippen LogP contribution < -0.4 is 15.4 Å². The molecule has 0 aliphatic rings. The number of ether oxygens (including phenoxy) is 1. The largest absolute Gasteiger partial charge is 0.484 e. The van der Waals surface area contributed by atoms with Crippen molar-refractivity contribution in [2.24, 2.45) is 0 Å². The van der Waals surface area contributed by atoms with E-state index in [9.17, 15) is 14.0 Å². The lowest BCUT2D eigenvalue weighted by Gasteiger charge is -2.10. The van der Waals surface area contributed by atoms with Crippen molar-refractivity contribution in [3.8, 4) is 5.75 Å². The van der Waals surface area contributed by atoms with Gasteiger partial charge in [-0.2, -0.15) is 0 Å². The molecule has 0 aliphatic carbocycles. The van der Waals surface area contributed by atoms with Crippen LogP contribution in [0.1, 0.15) is 28.4 Å². The summed E-state index contributed by atoms with van der Waals surface area (Å²) in [7, 11) is 0. The molecule has 0 radical (unpaired) electrons. The van der Waals surface area contributed by atoms with Crippen molar-refractivity contribution in [2.45, 2.75) is 20.4 Å². The number of hydrogen-bond acceptors (Lipinski definition) is 3. The molecule has 2 rings (SSSR count). The maximum Gasteiger partial charge on any atom is 0.257 e. The first kappa shape index (κ1) is 18.4. The predicted molar refractivity (Wildman–Crippen MR) is 92.9 cm³/mol. The van der Waals surface area contributed by atoms with Crippen LogP contribution in [0.15, 0.2) is 42.5 Å². The average Bonchev–Trinajstić information content (AvgIpc) is 2.60. The van der Waals surface area contributed by atoms with E-state index in [2.05, 4.69) is 10.6 Å². The first-order chi connectivity index (χ1) is 12.0. The molecule has 0 fully saturated rings. The Kier molecular flexibility index (Phi) is 6.51. The molecule has 0 saturated carbocycles. The van der Waals surface area contributed by atoms with Gasteiger partial charge < -0.3 is 15.4 Å². The lowest BCUT2D eigenvalue weighted by atomic mass is 10.1. The van der Waals surface area contributed by atoms with Crippen molar-refractivity contribution in [3.05, 3.63) is 65.0 Å². The number of carbonyl (C=O) groups excluding carboxylic acids is 2. The standard InChI is InChI=1S/C19H21FN2O3/c1-3-21-18(23)12-25-15-6-4-5-14(10-15)11-22-19(24)16-9-13(2)7-8-17(16)20/h4-10H,3,11-12H2,1-2H3,(H,21,23)(H,22,24). The fourth-order valence-corrected chi connectivity index (χ4v) is 2.23. The zero-order valence-corrected chi connectivity index (χ0v) is 14.3. The molecule has 2 N–H and O–H groups in total. The zero-order chi connectivity index (χ0) is 18.2. The van der Waals surface area contributed by atoms with Crippen molar-refractivity contribution in [2.75, 3.05) is 13.2 Å². The number of hydrogen-bond donors (Lipinski definition) is 2. The van der Waals surface area contributed by atoms with Crippen molar-refractivity contribution in [3.63, 3.8) is 0 Å². The number of rotatable bonds is 7. The summed E-state index contributed by atoms with van der Waals surface area (Å²) >= 11 is 0. The number of nitrogens with one attached hydrogen (secondary N) is 2. The first-order valence-electron chi connectivity index (χ1n) is 8.02. The van der Waals surface area contributed by atoms with E-state index in [1.807, 2.05) is 13.0 Å². The second-order valence-electron chi connectivity index (χ2n) is 5.56. The van der Waals surface area contributed by atoms with E-state index in [4.69, 9.17) is 4.74 Å². The van der Waals surface area contributed by atoms with E-state index in [0.29, 0.717) is 12.3 Å². The summed E-state index contributed by atoms with van der Waals surface area (Å²) in [5, 5.41) is 5.32. The number of amides is 2. The summed E-state index contributed by atoms with van der Waals surface area (Å²) in [6.45, 7) is 4.33. The Labute approximate surface area is 146 Å². The van der Waals surface area contributed by atoms with Crippen molar-refractivity contribution >= 4 is 11.8 Å².